The van der Waals surface area contributed by atoms with E-state index in [9.17, 15) is 0 Å². The van der Waals surface area contributed by atoms with Gasteiger partial charge in [-0.25, -0.2) is 10.1 Å². The first-order valence-corrected chi connectivity index (χ1v) is 9.75. The molecule has 3 heterocycles. The smallest absolute Gasteiger partial charge is 0.269 e. The summed E-state index contributed by atoms with van der Waals surface area (Å²) in [7, 11) is 0. The van der Waals surface area contributed by atoms with Gasteiger partial charge in [-0.3, -0.25) is 0 Å². The van der Waals surface area contributed by atoms with Crippen molar-refractivity contribution < 1.29 is 9.47 Å². The first-order valence-electron chi connectivity index (χ1n) is 9.75. The molecule has 1 aromatic carbocycles. The molecule has 1 aromatic rings. The van der Waals surface area contributed by atoms with E-state index in [4.69, 9.17) is 21.3 Å². The first-order chi connectivity index (χ1) is 13.9. The van der Waals surface area contributed by atoms with Crippen molar-refractivity contribution >= 4 is 11.8 Å². The van der Waals surface area contributed by atoms with Crippen LogP contribution in [0, 0.1) is 17.9 Å². The van der Waals surface area contributed by atoms with E-state index in [-0.39, 0.29) is 11.1 Å². The van der Waals surface area contributed by atoms with E-state index in [1.165, 1.54) is 11.3 Å². The van der Waals surface area contributed by atoms with E-state index >= 15 is 0 Å². The summed E-state index contributed by atoms with van der Waals surface area (Å²) in [5.41, 5.74) is 4.33. The Hall–Kier alpha value is -3.44. The van der Waals surface area contributed by atoms with Crippen molar-refractivity contribution in [2.75, 3.05) is 24.6 Å². The molecule has 3 aliphatic rings. The maximum atomic E-state index is 9.15. The van der Waals surface area contributed by atoms with Crippen molar-refractivity contribution in [3.8, 4) is 11.8 Å². The lowest BCUT2D eigenvalue weighted by atomic mass is 9.76. The van der Waals surface area contributed by atoms with Gasteiger partial charge < -0.3 is 14.4 Å². The van der Waals surface area contributed by atoms with E-state index in [2.05, 4.69) is 35.7 Å². The highest BCUT2D eigenvalue weighted by atomic mass is 16.5. The molecule has 5 nitrogen and oxygen atoms in total. The number of benzene rings is 1. The van der Waals surface area contributed by atoms with Crippen LogP contribution in [0.3, 0.4) is 0 Å². The summed E-state index contributed by atoms with van der Waals surface area (Å²) in [4.78, 5) is 5.73. The topological polar surface area (TPSA) is 49.8 Å². The zero-order valence-electron chi connectivity index (χ0n) is 17.0. The van der Waals surface area contributed by atoms with Crippen LogP contribution in [0.4, 0.5) is 5.69 Å². The summed E-state index contributed by atoms with van der Waals surface area (Å²) in [6.45, 7) is 16.3. The first kappa shape index (κ1) is 18.9. The van der Waals surface area contributed by atoms with E-state index in [1.54, 1.807) is 12.2 Å². The number of nitriles is 1. The van der Waals surface area contributed by atoms with Crippen LogP contribution in [0.25, 0.3) is 10.9 Å². The Kier molecular flexibility index (Phi) is 4.68. The van der Waals surface area contributed by atoms with Gasteiger partial charge in [0.15, 0.2) is 0 Å². The van der Waals surface area contributed by atoms with Gasteiger partial charge in [0.25, 0.3) is 5.70 Å². The van der Waals surface area contributed by atoms with Crippen molar-refractivity contribution in [3.05, 3.63) is 75.7 Å². The van der Waals surface area contributed by atoms with Gasteiger partial charge in [0.2, 0.25) is 0 Å². The molecule has 0 saturated heterocycles. The van der Waals surface area contributed by atoms with E-state index in [0.29, 0.717) is 23.7 Å². The summed E-state index contributed by atoms with van der Waals surface area (Å²) in [6, 6.07) is 6.25. The maximum absolute atomic E-state index is 9.15. The average molecular weight is 385 g/mol. The highest BCUT2D eigenvalue weighted by molar-refractivity contribution is 5.73. The fourth-order valence-corrected chi connectivity index (χ4v) is 4.04. The number of allylic oxidation sites excluding steroid dienone is 6. The number of hydrogen-bond donors (Lipinski definition) is 0. The second-order valence-electron chi connectivity index (χ2n) is 8.15. The van der Waals surface area contributed by atoms with Gasteiger partial charge in [0.1, 0.15) is 23.9 Å². The highest BCUT2D eigenvalue weighted by Gasteiger charge is 2.35. The van der Waals surface area contributed by atoms with Crippen LogP contribution < -0.4 is 9.64 Å². The SMILES string of the molecule is [C-]#[N+]/C(C#N)=C1\C=C(C)OC(/C=C/c2cc3c4c(c2)C(C)(C)CCN4CCO3)=C1. The molecule has 4 rings (SSSR count). The van der Waals surface area contributed by atoms with Crippen LogP contribution in [-0.2, 0) is 10.2 Å². The van der Waals surface area contributed by atoms with Gasteiger partial charge in [-0.1, -0.05) is 19.9 Å². The summed E-state index contributed by atoms with van der Waals surface area (Å²) in [5.74, 6) is 2.19. The Labute approximate surface area is 171 Å². The predicted molar refractivity (Wildman–Crippen MR) is 113 cm³/mol. The second kappa shape index (κ2) is 7.18. The summed E-state index contributed by atoms with van der Waals surface area (Å²) < 4.78 is 11.7. The van der Waals surface area contributed by atoms with Gasteiger partial charge in [-0.15, -0.1) is 0 Å². The third-order valence-electron chi connectivity index (χ3n) is 5.63. The van der Waals surface area contributed by atoms with E-state index in [1.807, 2.05) is 25.1 Å². The number of anilines is 1. The molecule has 0 spiro atoms. The minimum Gasteiger partial charge on any atom is -0.490 e. The summed E-state index contributed by atoms with van der Waals surface area (Å²) in [5, 5.41) is 9.15. The van der Waals surface area contributed by atoms with Crippen LogP contribution in [0.5, 0.6) is 5.75 Å². The molecule has 0 amide bonds. The normalized spacial score (nSPS) is 21.1. The van der Waals surface area contributed by atoms with Gasteiger partial charge >= 0.3 is 0 Å². The standard InChI is InChI=1S/C24H23N3O2/c1-16-11-18(21(15-25)26-4)14-19(29-16)6-5-17-12-20-23-22(13-17)28-10-9-27(23)8-7-24(20,2)3/h5-6,11-14H,7-10H2,1-3H3/b6-5+,21-18+. The molecular weight excluding hydrogens is 362 g/mol. The Balaban J connectivity index is 1.71. The molecule has 0 aromatic heterocycles. The lowest BCUT2D eigenvalue weighted by molar-refractivity contribution is 0.295. The summed E-state index contributed by atoms with van der Waals surface area (Å²) in [6.07, 6.45) is 8.43. The average Bonchev–Trinajstić information content (AvgIpc) is 2.70. The van der Waals surface area contributed by atoms with Crippen LogP contribution in [0.15, 0.2) is 53.1 Å². The van der Waals surface area contributed by atoms with Crippen molar-refractivity contribution in [2.24, 2.45) is 0 Å². The van der Waals surface area contributed by atoms with Gasteiger partial charge in [-0.2, -0.15) is 0 Å². The van der Waals surface area contributed by atoms with E-state index in [0.717, 1.165) is 30.8 Å². The Morgan fingerprint density at radius 1 is 1.28 bits per heavy atom. The molecule has 0 N–H and O–H groups in total. The third kappa shape index (κ3) is 3.52. The second-order valence-corrected chi connectivity index (χ2v) is 8.15. The highest BCUT2D eigenvalue weighted by Crippen LogP contribution is 2.47. The van der Waals surface area contributed by atoms with Crippen LogP contribution in [0.1, 0.15) is 38.3 Å². The summed E-state index contributed by atoms with van der Waals surface area (Å²) >= 11 is 0. The lowest BCUT2D eigenvalue weighted by Gasteiger charge is -2.43. The zero-order valence-corrected chi connectivity index (χ0v) is 17.0. The minimum atomic E-state index is 0.0620. The largest absolute Gasteiger partial charge is 0.490 e. The molecular formula is C24H23N3O2. The van der Waals surface area contributed by atoms with Crippen LogP contribution in [-0.4, -0.2) is 19.7 Å². The molecule has 0 radical (unpaired) electrons. The van der Waals surface area contributed by atoms with Crippen molar-refractivity contribution in [1.82, 2.24) is 0 Å². The molecule has 0 unspecified atom stereocenters. The molecule has 5 heteroatoms. The maximum Gasteiger partial charge on any atom is 0.269 e. The van der Waals surface area contributed by atoms with Crippen LogP contribution >= 0.6 is 0 Å². The fourth-order valence-electron chi connectivity index (χ4n) is 4.04. The zero-order chi connectivity index (χ0) is 20.6. The van der Waals surface area contributed by atoms with Crippen molar-refractivity contribution in [1.29, 1.82) is 5.26 Å². The fraction of sp³-hybridized carbons (Fsp3) is 0.333. The Morgan fingerprint density at radius 2 is 2.10 bits per heavy atom. The minimum absolute atomic E-state index is 0.0620. The number of rotatable bonds is 2. The van der Waals surface area contributed by atoms with Crippen molar-refractivity contribution in [2.45, 2.75) is 32.6 Å². The molecule has 0 saturated carbocycles. The number of ether oxygens (including phenoxy) is 2. The molecule has 0 bridgehead atoms. The predicted octanol–water partition coefficient (Wildman–Crippen LogP) is 5.09. The molecule has 29 heavy (non-hydrogen) atoms. The van der Waals surface area contributed by atoms with Crippen molar-refractivity contribution in [3.63, 3.8) is 0 Å². The third-order valence-corrected chi connectivity index (χ3v) is 5.63. The van der Waals surface area contributed by atoms with Crippen LogP contribution in [0.2, 0.25) is 0 Å². The number of hydrogen-bond acceptors (Lipinski definition) is 4. The van der Waals surface area contributed by atoms with Gasteiger partial charge in [0, 0.05) is 6.54 Å². The monoisotopic (exact) mass is 385 g/mol. The van der Waals surface area contributed by atoms with Gasteiger partial charge in [-0.05, 0) is 65.8 Å². The Bertz CT molecular complexity index is 1060. The quantitative estimate of drug-likeness (QED) is 0.525. The molecule has 0 aliphatic carbocycles. The van der Waals surface area contributed by atoms with E-state index < -0.39 is 0 Å². The molecule has 0 atom stereocenters. The number of nitrogens with zero attached hydrogens (tertiary/aromatic N) is 3. The Morgan fingerprint density at radius 3 is 2.86 bits per heavy atom. The lowest BCUT2D eigenvalue weighted by Crippen LogP contribution is -2.42. The molecule has 0 fully saturated rings. The molecule has 3 aliphatic heterocycles. The molecule has 146 valence electrons. The van der Waals surface area contributed by atoms with Gasteiger partial charge in [0.05, 0.1) is 24.9 Å².